The minimum Gasteiger partial charge on any atom is -0.343 e. The zero-order valence-electron chi connectivity index (χ0n) is 13.7. The van der Waals surface area contributed by atoms with Gasteiger partial charge in [0.2, 0.25) is 5.91 Å². The highest BCUT2D eigenvalue weighted by atomic mass is 16.2. The number of nitrogens with zero attached hydrogens (tertiary/aromatic N) is 2. The monoisotopic (exact) mass is 293 g/mol. The number of carbonyl (C=O) groups is 1. The van der Waals surface area contributed by atoms with Gasteiger partial charge in [0.25, 0.3) is 0 Å². The Morgan fingerprint density at radius 2 is 1.95 bits per heavy atom. The van der Waals surface area contributed by atoms with E-state index in [1.807, 2.05) is 11.9 Å². The smallest absolute Gasteiger partial charge is 0.239 e. The molecule has 4 unspecified atom stereocenters. The number of piperidine rings is 1. The first kappa shape index (κ1) is 15.3. The van der Waals surface area contributed by atoms with Gasteiger partial charge in [-0.15, -0.1) is 0 Å². The second kappa shape index (κ2) is 6.66. The van der Waals surface area contributed by atoms with Crippen LogP contribution in [0.3, 0.4) is 0 Å². The van der Waals surface area contributed by atoms with Gasteiger partial charge in [-0.05, 0) is 58.0 Å². The summed E-state index contributed by atoms with van der Waals surface area (Å²) >= 11 is 0. The van der Waals surface area contributed by atoms with E-state index in [2.05, 4.69) is 17.3 Å². The number of hydrogen-bond acceptors (Lipinski definition) is 3. The van der Waals surface area contributed by atoms with Crippen LogP contribution in [0.15, 0.2) is 0 Å². The maximum Gasteiger partial charge on any atom is 0.239 e. The van der Waals surface area contributed by atoms with Gasteiger partial charge in [-0.3, -0.25) is 4.79 Å². The molecule has 4 heteroatoms. The normalized spacial score (nSPS) is 37.2. The van der Waals surface area contributed by atoms with Crippen molar-refractivity contribution in [1.29, 1.82) is 0 Å². The van der Waals surface area contributed by atoms with Gasteiger partial charge in [-0.1, -0.05) is 12.8 Å². The SMILES string of the molecule is CN(CC1CCCN1C)C(=O)C1CCC2CCCCC2N1. The predicted molar refractivity (Wildman–Crippen MR) is 85.2 cm³/mol. The van der Waals surface area contributed by atoms with Gasteiger partial charge in [0.15, 0.2) is 0 Å². The van der Waals surface area contributed by atoms with Gasteiger partial charge in [0, 0.05) is 25.7 Å². The lowest BCUT2D eigenvalue weighted by Gasteiger charge is -2.41. The summed E-state index contributed by atoms with van der Waals surface area (Å²) < 4.78 is 0. The second-order valence-electron chi connectivity index (χ2n) is 7.44. The number of hydrogen-bond donors (Lipinski definition) is 1. The molecule has 0 spiro atoms. The molecule has 3 rings (SSSR count). The molecular formula is C17H31N3O. The van der Waals surface area contributed by atoms with Crippen molar-refractivity contribution in [3.05, 3.63) is 0 Å². The molecule has 2 saturated heterocycles. The van der Waals surface area contributed by atoms with E-state index >= 15 is 0 Å². The fourth-order valence-electron chi connectivity index (χ4n) is 4.57. The molecule has 4 nitrogen and oxygen atoms in total. The molecule has 21 heavy (non-hydrogen) atoms. The zero-order valence-corrected chi connectivity index (χ0v) is 13.7. The Labute approximate surface area is 129 Å². The van der Waals surface area contributed by atoms with E-state index in [-0.39, 0.29) is 6.04 Å². The van der Waals surface area contributed by atoms with Crippen molar-refractivity contribution in [2.75, 3.05) is 27.2 Å². The van der Waals surface area contributed by atoms with E-state index in [1.54, 1.807) is 0 Å². The molecule has 3 aliphatic rings. The number of likely N-dealkylation sites (tertiary alicyclic amines) is 1. The molecule has 120 valence electrons. The maximum atomic E-state index is 12.7. The van der Waals surface area contributed by atoms with Gasteiger partial charge < -0.3 is 15.1 Å². The Bertz CT molecular complexity index is 373. The van der Waals surface area contributed by atoms with E-state index in [0.29, 0.717) is 18.0 Å². The van der Waals surface area contributed by atoms with Crippen molar-refractivity contribution in [1.82, 2.24) is 15.1 Å². The predicted octanol–water partition coefficient (Wildman–Crippen LogP) is 1.85. The number of rotatable bonds is 3. The van der Waals surface area contributed by atoms with Crippen LogP contribution in [-0.2, 0) is 4.79 Å². The molecule has 2 heterocycles. The third-order valence-corrected chi connectivity index (χ3v) is 5.98. The van der Waals surface area contributed by atoms with Crippen molar-refractivity contribution < 1.29 is 4.79 Å². The molecule has 2 aliphatic heterocycles. The number of likely N-dealkylation sites (N-methyl/N-ethyl adjacent to an activating group) is 2. The summed E-state index contributed by atoms with van der Waals surface area (Å²) in [5, 5.41) is 3.67. The highest BCUT2D eigenvalue weighted by Crippen LogP contribution is 2.32. The van der Waals surface area contributed by atoms with E-state index < -0.39 is 0 Å². The van der Waals surface area contributed by atoms with E-state index in [9.17, 15) is 4.79 Å². The molecule has 0 aromatic carbocycles. The highest BCUT2D eigenvalue weighted by Gasteiger charge is 2.36. The molecule has 3 fully saturated rings. The molecule has 1 amide bonds. The Kier molecular flexibility index (Phi) is 4.85. The van der Waals surface area contributed by atoms with Gasteiger partial charge in [0.1, 0.15) is 0 Å². The molecule has 1 N–H and O–H groups in total. The summed E-state index contributed by atoms with van der Waals surface area (Å²) in [4.78, 5) is 17.1. The average Bonchev–Trinajstić information content (AvgIpc) is 2.91. The molecule has 0 aromatic heterocycles. The van der Waals surface area contributed by atoms with Gasteiger partial charge in [-0.2, -0.15) is 0 Å². The Morgan fingerprint density at radius 1 is 1.14 bits per heavy atom. The van der Waals surface area contributed by atoms with E-state index in [1.165, 1.54) is 51.5 Å². The molecule has 1 aliphatic carbocycles. The van der Waals surface area contributed by atoms with Crippen LogP contribution in [0.2, 0.25) is 0 Å². The first-order valence-electron chi connectivity index (χ1n) is 8.86. The van der Waals surface area contributed by atoms with Crippen molar-refractivity contribution in [2.45, 2.75) is 69.5 Å². The van der Waals surface area contributed by atoms with Gasteiger partial charge >= 0.3 is 0 Å². The number of carbonyl (C=O) groups excluding carboxylic acids is 1. The molecule has 0 aromatic rings. The third kappa shape index (κ3) is 3.42. The van der Waals surface area contributed by atoms with Gasteiger partial charge in [0.05, 0.1) is 6.04 Å². The number of fused-ring (bicyclic) bond motifs is 1. The molecule has 0 radical (unpaired) electrons. The van der Waals surface area contributed by atoms with Crippen molar-refractivity contribution in [3.8, 4) is 0 Å². The minimum absolute atomic E-state index is 0.0704. The Morgan fingerprint density at radius 3 is 2.71 bits per heavy atom. The summed E-state index contributed by atoms with van der Waals surface area (Å²) in [5.41, 5.74) is 0. The third-order valence-electron chi connectivity index (χ3n) is 5.98. The topological polar surface area (TPSA) is 35.6 Å². The Balaban J connectivity index is 1.52. The fourth-order valence-corrected chi connectivity index (χ4v) is 4.57. The largest absolute Gasteiger partial charge is 0.343 e. The lowest BCUT2D eigenvalue weighted by Crippen LogP contribution is -2.56. The molecule has 4 atom stereocenters. The summed E-state index contributed by atoms with van der Waals surface area (Å²) in [6, 6.07) is 1.23. The molecule has 1 saturated carbocycles. The lowest BCUT2D eigenvalue weighted by atomic mass is 9.77. The van der Waals surface area contributed by atoms with Gasteiger partial charge in [-0.25, -0.2) is 0 Å². The van der Waals surface area contributed by atoms with Crippen LogP contribution >= 0.6 is 0 Å². The van der Waals surface area contributed by atoms with Crippen molar-refractivity contribution in [2.24, 2.45) is 5.92 Å². The van der Waals surface area contributed by atoms with Crippen LogP contribution in [0.1, 0.15) is 51.4 Å². The number of amides is 1. The summed E-state index contributed by atoms with van der Waals surface area (Å²) in [6.45, 7) is 2.07. The lowest BCUT2D eigenvalue weighted by molar-refractivity contribution is -0.134. The quantitative estimate of drug-likeness (QED) is 0.862. The zero-order chi connectivity index (χ0) is 14.8. The van der Waals surface area contributed by atoms with Crippen LogP contribution in [0.5, 0.6) is 0 Å². The standard InChI is InChI=1S/C17H31N3O/c1-19-11-5-7-14(19)12-20(2)17(21)16-10-9-13-6-3-4-8-15(13)18-16/h13-16,18H,3-12H2,1-2H3. The molecule has 0 bridgehead atoms. The first-order chi connectivity index (χ1) is 10.1. The van der Waals surface area contributed by atoms with E-state index in [0.717, 1.165) is 18.9 Å². The number of nitrogens with one attached hydrogen (secondary N) is 1. The summed E-state index contributed by atoms with van der Waals surface area (Å²) in [5.74, 6) is 1.15. The Hall–Kier alpha value is -0.610. The van der Waals surface area contributed by atoms with Crippen LogP contribution in [0.25, 0.3) is 0 Å². The van der Waals surface area contributed by atoms with E-state index in [4.69, 9.17) is 0 Å². The second-order valence-corrected chi connectivity index (χ2v) is 7.44. The molecular weight excluding hydrogens is 262 g/mol. The maximum absolute atomic E-state index is 12.7. The highest BCUT2D eigenvalue weighted by molar-refractivity contribution is 5.81. The van der Waals surface area contributed by atoms with Crippen molar-refractivity contribution in [3.63, 3.8) is 0 Å². The van der Waals surface area contributed by atoms with Crippen molar-refractivity contribution >= 4 is 5.91 Å². The van der Waals surface area contributed by atoms with Crippen LogP contribution < -0.4 is 5.32 Å². The minimum atomic E-state index is 0.0704. The first-order valence-corrected chi connectivity index (χ1v) is 8.86. The average molecular weight is 293 g/mol. The summed E-state index contributed by atoms with van der Waals surface area (Å²) in [6.07, 6.45) is 10.1. The van der Waals surface area contributed by atoms with Crippen LogP contribution in [0.4, 0.5) is 0 Å². The fraction of sp³-hybridized carbons (Fsp3) is 0.941. The summed E-state index contributed by atoms with van der Waals surface area (Å²) in [7, 11) is 4.17. The van der Waals surface area contributed by atoms with Crippen LogP contribution in [0, 0.1) is 5.92 Å². The van der Waals surface area contributed by atoms with Crippen LogP contribution in [-0.4, -0.2) is 61.0 Å².